The Morgan fingerprint density at radius 2 is 0.967 bits per heavy atom. The molecule has 0 bridgehead atoms. The maximum atomic E-state index is 6.16. The van der Waals surface area contributed by atoms with Crippen LogP contribution in [0.5, 0.6) is 0 Å². The number of rotatable bonds is 11. The van der Waals surface area contributed by atoms with Crippen LogP contribution in [0.15, 0.2) is 327 Å². The van der Waals surface area contributed by atoms with Crippen LogP contribution in [0.2, 0.25) is 0 Å². The van der Waals surface area contributed by atoms with Gasteiger partial charge in [0.2, 0.25) is 0 Å². The van der Waals surface area contributed by atoms with Crippen molar-refractivity contribution < 1.29 is 4.42 Å². The maximum Gasteiger partial charge on any atom is 0.135 e. The van der Waals surface area contributed by atoms with E-state index in [-0.39, 0.29) is 0 Å². The third-order valence-corrected chi connectivity index (χ3v) is 18.9. The van der Waals surface area contributed by atoms with E-state index in [0.717, 1.165) is 140 Å². The second-order valence-electron chi connectivity index (χ2n) is 23.1. The van der Waals surface area contributed by atoms with Crippen molar-refractivity contribution in [3.8, 4) is 61.3 Å². The molecule has 3 aromatic heterocycles. The van der Waals surface area contributed by atoms with E-state index in [1.807, 2.05) is 29.5 Å². The molecule has 0 fully saturated rings. The van der Waals surface area contributed by atoms with Crippen molar-refractivity contribution in [2.45, 2.75) is 0 Å². The van der Waals surface area contributed by atoms with E-state index in [0.29, 0.717) is 0 Å². The highest BCUT2D eigenvalue weighted by Crippen LogP contribution is 2.47. The fraction of sp³-hybridized carbons (Fsp3) is 0. The number of allylic oxidation sites excluding steroid dienone is 4. The molecule has 13 aromatic carbocycles. The molecule has 0 spiro atoms. The first-order chi connectivity index (χ1) is 44.5. The van der Waals surface area contributed by atoms with Gasteiger partial charge in [-0.05, 0) is 177 Å². The Bertz CT molecular complexity index is 5590. The smallest absolute Gasteiger partial charge is 0.135 e. The fourth-order valence-corrected chi connectivity index (χ4v) is 14.6. The first-order valence-electron chi connectivity index (χ1n) is 30.5. The zero-order valence-electron chi connectivity index (χ0n) is 48.9. The number of hydrogen-bond acceptors (Lipinski definition) is 5. The minimum absolute atomic E-state index is 0.898. The predicted molar refractivity (Wildman–Crippen MR) is 383 cm³/mol. The van der Waals surface area contributed by atoms with Crippen molar-refractivity contribution in [2.75, 3.05) is 15.5 Å². The zero-order chi connectivity index (χ0) is 59.7. The summed E-state index contributed by atoms with van der Waals surface area (Å²) in [5, 5.41) is 14.6. The topological polar surface area (TPSA) is 45.4 Å². The molecule has 0 unspecified atom stereocenters. The molecule has 2 N–H and O–H groups in total. The van der Waals surface area contributed by atoms with Crippen molar-refractivity contribution >= 4 is 115 Å². The first kappa shape index (κ1) is 52.6. The summed E-state index contributed by atoms with van der Waals surface area (Å²) < 4.78 is 11.0. The molecule has 0 radical (unpaired) electrons. The van der Waals surface area contributed by atoms with Crippen LogP contribution in [-0.4, -0.2) is 4.57 Å². The number of furan rings is 1. The van der Waals surface area contributed by atoms with Gasteiger partial charge in [0.25, 0.3) is 0 Å². The van der Waals surface area contributed by atoms with Crippen LogP contribution in [0.3, 0.4) is 0 Å². The van der Waals surface area contributed by atoms with Crippen molar-refractivity contribution in [1.82, 2.24) is 4.57 Å². The summed E-state index contributed by atoms with van der Waals surface area (Å²) in [6, 6.07) is 105. The molecular formula is C84H56N4OS. The van der Waals surface area contributed by atoms with Crippen molar-refractivity contribution in [3.63, 3.8) is 0 Å². The lowest BCUT2D eigenvalue weighted by molar-refractivity contribution is 0.669. The second-order valence-corrected chi connectivity index (χ2v) is 24.2. The monoisotopic (exact) mass is 1170 g/mol. The Morgan fingerprint density at radius 1 is 0.356 bits per heavy atom. The van der Waals surface area contributed by atoms with E-state index in [4.69, 9.17) is 11.0 Å². The van der Waals surface area contributed by atoms with E-state index < -0.39 is 0 Å². The Labute approximate surface area is 525 Å². The molecule has 90 heavy (non-hydrogen) atoms. The standard InChI is InChI=1S/C84H56N4OS/c1-54-19-14-15-46-87(65-28-18-29-66(53-65)88-77-34-12-9-31-68(77)72-50-59(37-42-78(72)88)58-36-41-76(85-63-25-6-3-7-26-63)71(49-58)55-20-4-2-5-21-55)79-43-40-70-74-52-61(39-45-82(74)90-84(70)83(54)79)57-23-17-27-64(48-57)86-75-33-11-8-30-67(75)62-24-16-22-56(47-62)60-38-44-81-73(51-60)69-32-10-13-35-80(69)89-81/h2-53,85-86H,1H2/b19-14-,46-15-. The lowest BCUT2D eigenvalue weighted by atomic mass is 9.96. The molecule has 0 saturated carbocycles. The minimum atomic E-state index is 0.898. The summed E-state index contributed by atoms with van der Waals surface area (Å²) in [5.41, 5.74) is 25.1. The number of anilines is 6. The average molecular weight is 1170 g/mol. The molecule has 4 heterocycles. The summed E-state index contributed by atoms with van der Waals surface area (Å²) in [6.45, 7) is 4.71. The molecule has 0 atom stereocenters. The summed E-state index contributed by atoms with van der Waals surface area (Å²) in [7, 11) is 0. The van der Waals surface area contributed by atoms with E-state index >= 15 is 0 Å². The maximum absolute atomic E-state index is 6.16. The molecule has 1 aliphatic heterocycles. The van der Waals surface area contributed by atoms with Crippen LogP contribution >= 0.6 is 11.3 Å². The Kier molecular flexibility index (Phi) is 12.8. The molecule has 0 aliphatic carbocycles. The highest BCUT2D eigenvalue weighted by atomic mass is 32.1. The van der Waals surface area contributed by atoms with Gasteiger partial charge in [0.1, 0.15) is 11.2 Å². The van der Waals surface area contributed by atoms with Crippen LogP contribution in [-0.2, 0) is 0 Å². The summed E-state index contributed by atoms with van der Waals surface area (Å²) in [6.07, 6.45) is 8.54. The number of nitrogens with zero attached hydrogens (tertiary/aromatic N) is 2. The van der Waals surface area contributed by atoms with Gasteiger partial charge < -0.3 is 24.5 Å². The largest absolute Gasteiger partial charge is 0.456 e. The number of thiophene rings is 1. The normalized spacial score (nSPS) is 13.1. The zero-order valence-corrected chi connectivity index (χ0v) is 49.8. The average Bonchev–Trinajstić information content (AvgIpc) is 2.15. The molecule has 5 nitrogen and oxygen atoms in total. The van der Waals surface area contributed by atoms with Crippen LogP contribution in [0.1, 0.15) is 5.56 Å². The molecule has 424 valence electrons. The molecule has 17 rings (SSSR count). The van der Waals surface area contributed by atoms with Gasteiger partial charge in [0.05, 0.1) is 16.7 Å². The molecule has 16 aromatic rings. The Morgan fingerprint density at radius 3 is 1.86 bits per heavy atom. The van der Waals surface area contributed by atoms with Gasteiger partial charge in [-0.2, -0.15) is 0 Å². The number of fused-ring (bicyclic) bond motifs is 11. The van der Waals surface area contributed by atoms with Gasteiger partial charge in [-0.25, -0.2) is 0 Å². The highest BCUT2D eigenvalue weighted by Gasteiger charge is 2.22. The van der Waals surface area contributed by atoms with E-state index in [2.05, 4.69) is 318 Å². The lowest BCUT2D eigenvalue weighted by Gasteiger charge is -2.26. The first-order valence-corrected chi connectivity index (χ1v) is 31.3. The number of aromatic nitrogens is 1. The minimum Gasteiger partial charge on any atom is -0.456 e. The molecule has 1 aliphatic rings. The van der Waals surface area contributed by atoms with Gasteiger partial charge >= 0.3 is 0 Å². The Hall–Kier alpha value is -11.7. The van der Waals surface area contributed by atoms with Crippen molar-refractivity contribution in [3.05, 3.63) is 328 Å². The fourth-order valence-electron chi connectivity index (χ4n) is 13.3. The third kappa shape index (κ3) is 9.33. The summed E-state index contributed by atoms with van der Waals surface area (Å²) >= 11 is 1.84. The van der Waals surface area contributed by atoms with Gasteiger partial charge in [-0.15, -0.1) is 11.3 Å². The summed E-state index contributed by atoms with van der Waals surface area (Å²) in [4.78, 5) is 2.33. The van der Waals surface area contributed by atoms with Gasteiger partial charge in [-0.1, -0.05) is 189 Å². The number of para-hydroxylation sites is 4. The van der Waals surface area contributed by atoms with E-state index in [1.165, 1.54) is 30.9 Å². The van der Waals surface area contributed by atoms with Crippen LogP contribution in [0.25, 0.3) is 131 Å². The molecule has 0 saturated heterocycles. The SMILES string of the molecule is C=C1/C=C\C=C/N(c2cccc(-n3c4ccccc4c4cc(-c5ccc(Nc6ccccc6)c(-c6ccccc6)c5)ccc43)c2)c2ccc3c(sc4ccc(-c5cccc(Nc6ccccc6-c6cccc(-c7ccc8oc9ccccc9c8c7)c6)c5)cc43)c21. The second kappa shape index (κ2) is 21.9. The Balaban J connectivity index is 0.681. The number of benzene rings is 13. The molecule has 0 amide bonds. The van der Waals surface area contributed by atoms with Crippen LogP contribution in [0, 0.1) is 0 Å². The number of nitrogens with one attached hydrogen (secondary N) is 2. The lowest BCUT2D eigenvalue weighted by Crippen LogP contribution is -2.12. The summed E-state index contributed by atoms with van der Waals surface area (Å²) in [5.74, 6) is 0. The van der Waals surface area contributed by atoms with Crippen molar-refractivity contribution in [1.29, 1.82) is 0 Å². The van der Waals surface area contributed by atoms with Gasteiger partial charge in [0.15, 0.2) is 0 Å². The van der Waals surface area contributed by atoms with E-state index in [1.54, 1.807) is 0 Å². The van der Waals surface area contributed by atoms with Crippen molar-refractivity contribution in [2.24, 2.45) is 0 Å². The highest BCUT2D eigenvalue weighted by molar-refractivity contribution is 7.26. The van der Waals surface area contributed by atoms with E-state index in [9.17, 15) is 0 Å². The predicted octanol–water partition coefficient (Wildman–Crippen LogP) is 24.1. The molecule has 6 heteroatoms. The quantitative estimate of drug-likeness (QED) is 0.135. The van der Waals surface area contributed by atoms with Crippen LogP contribution in [0.4, 0.5) is 34.1 Å². The van der Waals surface area contributed by atoms with Gasteiger partial charge in [0, 0.05) is 98.7 Å². The number of hydrogen-bond donors (Lipinski definition) is 2. The third-order valence-electron chi connectivity index (χ3n) is 17.7. The van der Waals surface area contributed by atoms with Gasteiger partial charge in [-0.3, -0.25) is 0 Å². The molecular weight excluding hydrogens is 1110 g/mol. The van der Waals surface area contributed by atoms with Crippen LogP contribution < -0.4 is 15.5 Å².